The summed E-state index contributed by atoms with van der Waals surface area (Å²) in [6.45, 7) is 2.35. The van der Waals surface area contributed by atoms with Gasteiger partial charge in [-0.2, -0.15) is 15.2 Å². The standard InChI is InChI=1S/C34H34ClF3N6O3S/c1-46-32(45)18-5-2-10-43(11-3-6-18)31-21-13-23(35)26(20-7-8-24(37)29-25(20)22(15-39)30(40)48-29)27(38)28(21)41-33(42-31)47-17-34-9-4-12-44(34)16-19(36)14-34/h7-8,13,18-19H,2-6,9-12,14,16-17,40H2,1H3/t19-,34+/m1/s1. The fraction of sp³-hybridized carbons (Fsp3) is 0.471. The summed E-state index contributed by atoms with van der Waals surface area (Å²) in [4.78, 5) is 25.7. The number of nitrogen functional groups attached to an aromatic ring is 1. The van der Waals surface area contributed by atoms with Gasteiger partial charge in [0, 0.05) is 42.4 Å². The van der Waals surface area contributed by atoms with Crippen LogP contribution in [0.25, 0.3) is 32.1 Å². The van der Waals surface area contributed by atoms with Gasteiger partial charge in [0.25, 0.3) is 0 Å². The van der Waals surface area contributed by atoms with E-state index in [1.54, 1.807) is 6.07 Å². The number of ether oxygens (including phenoxy) is 2. The van der Waals surface area contributed by atoms with Crippen molar-refractivity contribution in [2.24, 2.45) is 5.92 Å². The van der Waals surface area contributed by atoms with Crippen molar-refractivity contribution in [1.29, 1.82) is 5.26 Å². The number of hydrogen-bond donors (Lipinski definition) is 1. The van der Waals surface area contributed by atoms with Crippen molar-refractivity contribution in [3.05, 3.63) is 40.4 Å². The Balaban J connectivity index is 1.35. The van der Waals surface area contributed by atoms with E-state index in [9.17, 15) is 18.8 Å². The third-order valence-corrected chi connectivity index (χ3v) is 11.4. The number of nitrogens with zero attached hydrogens (tertiary/aromatic N) is 5. The Morgan fingerprint density at radius 3 is 2.71 bits per heavy atom. The summed E-state index contributed by atoms with van der Waals surface area (Å²) in [5.74, 6) is -1.35. The van der Waals surface area contributed by atoms with Crippen LogP contribution in [0.5, 0.6) is 6.01 Å². The number of rotatable bonds is 6. The van der Waals surface area contributed by atoms with Gasteiger partial charge in [0.2, 0.25) is 0 Å². The molecule has 0 spiro atoms. The number of carbonyl (C=O) groups is 1. The highest BCUT2D eigenvalue weighted by molar-refractivity contribution is 7.23. The average Bonchev–Trinajstić information content (AvgIpc) is 3.70. The first-order valence-electron chi connectivity index (χ1n) is 16.1. The van der Waals surface area contributed by atoms with Crippen LogP contribution in [0.2, 0.25) is 5.02 Å². The molecule has 48 heavy (non-hydrogen) atoms. The van der Waals surface area contributed by atoms with E-state index < -0.39 is 23.3 Å². The molecule has 3 aliphatic heterocycles. The van der Waals surface area contributed by atoms with Crippen molar-refractivity contribution in [1.82, 2.24) is 14.9 Å². The van der Waals surface area contributed by atoms with Crippen molar-refractivity contribution < 1.29 is 27.4 Å². The maximum atomic E-state index is 17.0. The first-order valence-corrected chi connectivity index (χ1v) is 17.3. The Morgan fingerprint density at radius 2 is 1.98 bits per heavy atom. The number of methoxy groups -OCH3 is 1. The summed E-state index contributed by atoms with van der Waals surface area (Å²) >= 11 is 7.76. The van der Waals surface area contributed by atoms with Crippen LogP contribution in [-0.4, -0.2) is 72.4 Å². The lowest BCUT2D eigenvalue weighted by atomic mass is 9.95. The molecule has 0 aliphatic carbocycles. The van der Waals surface area contributed by atoms with Crippen molar-refractivity contribution in [2.75, 3.05) is 50.5 Å². The number of alkyl halides is 1. The number of fused-ring (bicyclic) bond motifs is 3. The molecule has 2 aromatic heterocycles. The van der Waals surface area contributed by atoms with Gasteiger partial charge in [0.15, 0.2) is 5.82 Å². The van der Waals surface area contributed by atoms with E-state index in [1.807, 2.05) is 11.0 Å². The molecule has 0 unspecified atom stereocenters. The average molecular weight is 699 g/mol. The molecular formula is C34H34ClF3N6O3S. The Bertz CT molecular complexity index is 1960. The van der Waals surface area contributed by atoms with Crippen LogP contribution < -0.4 is 15.4 Å². The molecule has 4 aromatic rings. The number of carbonyl (C=O) groups excluding carboxylic acids is 1. The molecule has 9 nitrogen and oxygen atoms in total. The van der Waals surface area contributed by atoms with Gasteiger partial charge in [0.05, 0.1) is 33.9 Å². The lowest BCUT2D eigenvalue weighted by molar-refractivity contribution is -0.146. The first kappa shape index (κ1) is 32.7. The van der Waals surface area contributed by atoms with E-state index >= 15 is 4.39 Å². The largest absolute Gasteiger partial charge is 0.469 e. The van der Waals surface area contributed by atoms with Gasteiger partial charge in [-0.1, -0.05) is 17.7 Å². The highest BCUT2D eigenvalue weighted by atomic mass is 35.5. The van der Waals surface area contributed by atoms with Crippen LogP contribution >= 0.6 is 22.9 Å². The Labute approximate surface area is 284 Å². The Hall–Kier alpha value is -3.86. The summed E-state index contributed by atoms with van der Waals surface area (Å²) in [6.07, 6.45) is 3.69. The molecule has 3 fully saturated rings. The predicted molar refractivity (Wildman–Crippen MR) is 179 cm³/mol. The third-order valence-electron chi connectivity index (χ3n) is 10.1. The van der Waals surface area contributed by atoms with E-state index in [4.69, 9.17) is 31.8 Å². The van der Waals surface area contributed by atoms with Crippen LogP contribution in [0, 0.1) is 28.9 Å². The van der Waals surface area contributed by atoms with E-state index in [-0.39, 0.29) is 66.8 Å². The molecular weight excluding hydrogens is 665 g/mol. The summed E-state index contributed by atoms with van der Waals surface area (Å²) in [5, 5.41) is 10.5. The van der Waals surface area contributed by atoms with Crippen molar-refractivity contribution in [2.45, 2.75) is 56.7 Å². The zero-order valence-corrected chi connectivity index (χ0v) is 27.9. The number of esters is 1. The fourth-order valence-corrected chi connectivity index (χ4v) is 9.04. The maximum absolute atomic E-state index is 17.0. The van der Waals surface area contributed by atoms with Crippen LogP contribution in [0.4, 0.5) is 24.0 Å². The molecule has 2 atom stereocenters. The maximum Gasteiger partial charge on any atom is 0.319 e. The SMILES string of the molecule is COC(=O)C1CCCN(c2nc(OC[C@@]34CCCN3C[C@H](F)C4)nc3c(F)c(-c4ccc(F)c5sc(N)c(C#N)c45)c(Cl)cc23)CCC1. The number of benzene rings is 2. The van der Waals surface area contributed by atoms with Crippen molar-refractivity contribution in [3.63, 3.8) is 0 Å². The zero-order chi connectivity index (χ0) is 33.7. The van der Waals surface area contributed by atoms with E-state index in [1.165, 1.54) is 19.2 Å². The molecule has 252 valence electrons. The van der Waals surface area contributed by atoms with Crippen LogP contribution in [0.15, 0.2) is 18.2 Å². The lowest BCUT2D eigenvalue weighted by Gasteiger charge is -2.31. The molecule has 2 N–H and O–H groups in total. The second kappa shape index (κ2) is 12.9. The number of hydrogen-bond acceptors (Lipinski definition) is 10. The number of nitriles is 1. The number of nitrogens with two attached hydrogens (primary N) is 1. The van der Waals surface area contributed by atoms with Gasteiger partial charge in [-0.05, 0) is 62.8 Å². The van der Waals surface area contributed by atoms with Gasteiger partial charge in [-0.15, -0.1) is 11.3 Å². The summed E-state index contributed by atoms with van der Waals surface area (Å²) in [5.41, 5.74) is 5.73. The summed E-state index contributed by atoms with van der Waals surface area (Å²) in [7, 11) is 1.39. The molecule has 0 amide bonds. The van der Waals surface area contributed by atoms with Gasteiger partial charge in [-0.25, -0.2) is 13.2 Å². The molecule has 2 aromatic carbocycles. The Morgan fingerprint density at radius 1 is 1.21 bits per heavy atom. The third kappa shape index (κ3) is 5.57. The normalized spacial score (nSPS) is 22.1. The molecule has 5 heterocycles. The minimum atomic E-state index is -0.948. The quantitative estimate of drug-likeness (QED) is 0.212. The minimum absolute atomic E-state index is 0.0262. The lowest BCUT2D eigenvalue weighted by Crippen LogP contribution is -2.43. The van der Waals surface area contributed by atoms with Crippen LogP contribution in [-0.2, 0) is 9.53 Å². The van der Waals surface area contributed by atoms with E-state index in [0.29, 0.717) is 62.9 Å². The highest BCUT2D eigenvalue weighted by Gasteiger charge is 2.49. The molecule has 14 heteroatoms. The van der Waals surface area contributed by atoms with Gasteiger partial charge in [0.1, 0.15) is 41.0 Å². The molecule has 0 bridgehead atoms. The van der Waals surface area contributed by atoms with Crippen molar-refractivity contribution in [3.8, 4) is 23.2 Å². The smallest absolute Gasteiger partial charge is 0.319 e. The monoisotopic (exact) mass is 698 g/mol. The zero-order valence-electron chi connectivity index (χ0n) is 26.3. The molecule has 0 saturated carbocycles. The predicted octanol–water partition coefficient (Wildman–Crippen LogP) is 7.02. The summed E-state index contributed by atoms with van der Waals surface area (Å²) in [6, 6.07) is 6.14. The first-order chi connectivity index (χ1) is 23.1. The Kier molecular flexibility index (Phi) is 8.76. The highest BCUT2D eigenvalue weighted by Crippen LogP contribution is 2.46. The molecule has 3 aliphatic rings. The molecule has 0 radical (unpaired) electrons. The second-order valence-corrected chi connectivity index (χ2v) is 14.3. The molecule has 3 saturated heterocycles. The summed E-state index contributed by atoms with van der Waals surface area (Å²) < 4.78 is 57.7. The van der Waals surface area contributed by atoms with Gasteiger partial charge in [-0.3, -0.25) is 9.69 Å². The number of aromatic nitrogens is 2. The number of halogens is 4. The van der Waals surface area contributed by atoms with E-state index in [2.05, 4.69) is 9.88 Å². The minimum Gasteiger partial charge on any atom is -0.469 e. The van der Waals surface area contributed by atoms with E-state index in [0.717, 1.165) is 30.7 Å². The van der Waals surface area contributed by atoms with Crippen LogP contribution in [0.1, 0.15) is 50.5 Å². The van der Waals surface area contributed by atoms with Gasteiger partial charge < -0.3 is 20.1 Å². The fourth-order valence-electron chi connectivity index (χ4n) is 7.80. The van der Waals surface area contributed by atoms with Gasteiger partial charge >= 0.3 is 12.0 Å². The van der Waals surface area contributed by atoms with Crippen molar-refractivity contribution >= 4 is 60.7 Å². The second-order valence-electron chi connectivity index (χ2n) is 12.9. The molecule has 7 rings (SSSR count). The number of thiophene rings is 1. The van der Waals surface area contributed by atoms with Crippen LogP contribution in [0.3, 0.4) is 0 Å². The topological polar surface area (TPSA) is 118 Å². The number of anilines is 2.